The summed E-state index contributed by atoms with van der Waals surface area (Å²) in [5, 5.41) is 0. The van der Waals surface area contributed by atoms with Crippen LogP contribution in [-0.2, 0) is 0 Å². The van der Waals surface area contributed by atoms with Crippen LogP contribution in [0.15, 0.2) is 0 Å². The lowest BCUT2D eigenvalue weighted by Gasteiger charge is -2.40. The summed E-state index contributed by atoms with van der Waals surface area (Å²) in [4.78, 5) is 0. The van der Waals surface area contributed by atoms with Gasteiger partial charge in [0, 0.05) is 0 Å². The minimum absolute atomic E-state index is 0.493. The van der Waals surface area contributed by atoms with Crippen molar-refractivity contribution >= 4 is 0 Å². The summed E-state index contributed by atoms with van der Waals surface area (Å²) < 4.78 is 0. The summed E-state index contributed by atoms with van der Waals surface area (Å²) in [6.07, 6.45) is 8.67. The number of rotatable bonds is 3. The summed E-state index contributed by atoms with van der Waals surface area (Å²) >= 11 is 0. The van der Waals surface area contributed by atoms with Crippen LogP contribution in [0.5, 0.6) is 0 Å². The zero-order valence-electron chi connectivity index (χ0n) is 10.8. The van der Waals surface area contributed by atoms with Crippen molar-refractivity contribution in [1.29, 1.82) is 0 Å². The Bertz CT molecular complexity index is 169. The monoisotopic (exact) mass is 196 g/mol. The summed E-state index contributed by atoms with van der Waals surface area (Å²) in [7, 11) is 0. The van der Waals surface area contributed by atoms with E-state index in [-0.39, 0.29) is 0 Å². The first kappa shape index (κ1) is 12.1. The largest absolute Gasteiger partial charge is 0.0649 e. The highest BCUT2D eigenvalue weighted by Gasteiger charge is 2.37. The van der Waals surface area contributed by atoms with E-state index in [0.717, 1.165) is 5.92 Å². The van der Waals surface area contributed by atoms with Crippen LogP contribution in [0.2, 0.25) is 0 Å². The molecule has 1 saturated carbocycles. The second-order valence-corrected chi connectivity index (χ2v) is 6.73. The Labute approximate surface area is 90.5 Å². The fraction of sp³-hybridized carbons (Fsp3) is 1.00. The maximum Gasteiger partial charge on any atom is -0.0295 e. The molecule has 0 saturated heterocycles. The van der Waals surface area contributed by atoms with Crippen molar-refractivity contribution in [3.63, 3.8) is 0 Å². The Kier molecular flexibility index (Phi) is 3.66. The lowest BCUT2D eigenvalue weighted by molar-refractivity contribution is 0.106. The van der Waals surface area contributed by atoms with E-state index in [1.54, 1.807) is 0 Å². The zero-order chi connectivity index (χ0) is 10.8. The van der Waals surface area contributed by atoms with Crippen molar-refractivity contribution < 1.29 is 0 Å². The Balaban J connectivity index is 2.64. The predicted octanol–water partition coefficient (Wildman–Crippen LogP) is 5.03. The molecule has 0 aliphatic heterocycles. The van der Waals surface area contributed by atoms with Gasteiger partial charge in [0.05, 0.1) is 0 Å². The van der Waals surface area contributed by atoms with Crippen molar-refractivity contribution in [2.75, 3.05) is 0 Å². The van der Waals surface area contributed by atoms with Crippen LogP contribution in [0.3, 0.4) is 0 Å². The van der Waals surface area contributed by atoms with Crippen LogP contribution in [-0.4, -0.2) is 0 Å². The molecule has 1 rings (SSSR count). The first-order chi connectivity index (χ1) is 6.37. The van der Waals surface area contributed by atoms with Gasteiger partial charge in [0.2, 0.25) is 0 Å². The van der Waals surface area contributed by atoms with Crippen LogP contribution in [0.1, 0.15) is 73.1 Å². The molecule has 1 aliphatic rings. The van der Waals surface area contributed by atoms with Crippen molar-refractivity contribution in [2.45, 2.75) is 73.1 Å². The second-order valence-electron chi connectivity index (χ2n) is 6.73. The molecule has 0 aromatic carbocycles. The molecule has 0 heteroatoms. The van der Waals surface area contributed by atoms with Crippen LogP contribution in [0.25, 0.3) is 0 Å². The average molecular weight is 196 g/mol. The van der Waals surface area contributed by atoms with Gasteiger partial charge in [-0.3, -0.25) is 0 Å². The number of hydrogen-bond donors (Lipinski definition) is 0. The predicted molar refractivity (Wildman–Crippen MR) is 64.4 cm³/mol. The molecule has 1 unspecified atom stereocenters. The first-order valence-corrected chi connectivity index (χ1v) is 6.37. The van der Waals surface area contributed by atoms with Gasteiger partial charge >= 0.3 is 0 Å². The molecule has 84 valence electrons. The number of hydrogen-bond acceptors (Lipinski definition) is 0. The molecule has 0 amide bonds. The smallest absolute Gasteiger partial charge is 0.0295 e. The van der Waals surface area contributed by atoms with E-state index in [1.165, 1.54) is 38.5 Å². The van der Waals surface area contributed by atoms with Crippen LogP contribution < -0.4 is 0 Å². The van der Waals surface area contributed by atoms with Crippen molar-refractivity contribution in [3.8, 4) is 0 Å². The summed E-state index contributed by atoms with van der Waals surface area (Å²) in [6.45, 7) is 12.1. The maximum atomic E-state index is 2.52. The molecule has 0 N–H and O–H groups in total. The van der Waals surface area contributed by atoms with E-state index in [1.807, 2.05) is 0 Å². The summed E-state index contributed by atoms with van der Waals surface area (Å²) in [5.41, 5.74) is 1.10. The fourth-order valence-electron chi connectivity index (χ4n) is 3.39. The Morgan fingerprint density at radius 2 is 1.50 bits per heavy atom. The molecule has 0 spiro atoms. The van der Waals surface area contributed by atoms with Crippen LogP contribution in [0, 0.1) is 16.7 Å². The molecule has 0 aromatic heterocycles. The average Bonchev–Trinajstić information content (AvgIpc) is 2.53. The molecule has 1 fully saturated rings. The lowest BCUT2D eigenvalue weighted by atomic mass is 9.65. The topological polar surface area (TPSA) is 0 Å². The Hall–Kier alpha value is 0. The van der Waals surface area contributed by atoms with E-state index in [9.17, 15) is 0 Å². The zero-order valence-corrected chi connectivity index (χ0v) is 10.8. The molecule has 1 aliphatic carbocycles. The Morgan fingerprint density at radius 3 is 1.86 bits per heavy atom. The quantitative estimate of drug-likeness (QED) is 0.594. The normalized spacial score (nSPS) is 23.8. The molecule has 0 bridgehead atoms. The van der Waals surface area contributed by atoms with Gasteiger partial charge in [0.25, 0.3) is 0 Å². The molecule has 0 nitrogen and oxygen atoms in total. The molecule has 0 radical (unpaired) electrons. The van der Waals surface area contributed by atoms with Crippen molar-refractivity contribution in [3.05, 3.63) is 0 Å². The van der Waals surface area contributed by atoms with Gasteiger partial charge in [-0.05, 0) is 36.0 Å². The molecule has 1 atom stereocenters. The third kappa shape index (κ3) is 3.00. The van der Waals surface area contributed by atoms with Gasteiger partial charge in [-0.15, -0.1) is 0 Å². The standard InChI is InChI=1S/C14H28/c1-6-14(5,11-13(2,3)4)12-9-7-8-10-12/h12H,6-11H2,1-5H3. The highest BCUT2D eigenvalue weighted by molar-refractivity contribution is 4.87. The summed E-state index contributed by atoms with van der Waals surface area (Å²) in [6, 6.07) is 0. The first-order valence-electron chi connectivity index (χ1n) is 6.37. The maximum absolute atomic E-state index is 2.52. The van der Waals surface area contributed by atoms with Gasteiger partial charge in [-0.2, -0.15) is 0 Å². The molecular weight excluding hydrogens is 168 g/mol. The van der Waals surface area contributed by atoms with Gasteiger partial charge in [0.15, 0.2) is 0 Å². The van der Waals surface area contributed by atoms with E-state index < -0.39 is 0 Å². The molecule has 0 aromatic rings. The van der Waals surface area contributed by atoms with Gasteiger partial charge < -0.3 is 0 Å². The van der Waals surface area contributed by atoms with Gasteiger partial charge in [-0.25, -0.2) is 0 Å². The van der Waals surface area contributed by atoms with Gasteiger partial charge in [-0.1, -0.05) is 53.9 Å². The molecular formula is C14H28. The Morgan fingerprint density at radius 1 is 1.00 bits per heavy atom. The highest BCUT2D eigenvalue weighted by Crippen LogP contribution is 2.48. The third-order valence-corrected chi connectivity index (χ3v) is 4.08. The summed E-state index contributed by atoms with van der Waals surface area (Å²) in [5.74, 6) is 1.01. The molecule has 0 heterocycles. The molecule has 14 heavy (non-hydrogen) atoms. The van der Waals surface area contributed by atoms with Crippen LogP contribution in [0.4, 0.5) is 0 Å². The van der Waals surface area contributed by atoms with Crippen LogP contribution >= 0.6 is 0 Å². The van der Waals surface area contributed by atoms with Gasteiger partial charge in [0.1, 0.15) is 0 Å². The van der Waals surface area contributed by atoms with E-state index in [0.29, 0.717) is 10.8 Å². The van der Waals surface area contributed by atoms with Crippen molar-refractivity contribution in [2.24, 2.45) is 16.7 Å². The van der Waals surface area contributed by atoms with E-state index in [2.05, 4.69) is 34.6 Å². The SMILES string of the molecule is CCC(C)(CC(C)(C)C)C1CCCC1. The minimum atomic E-state index is 0.493. The second kappa shape index (κ2) is 4.24. The van der Waals surface area contributed by atoms with E-state index in [4.69, 9.17) is 0 Å². The fourth-order valence-corrected chi connectivity index (χ4v) is 3.39. The minimum Gasteiger partial charge on any atom is -0.0649 e. The van der Waals surface area contributed by atoms with Crippen molar-refractivity contribution in [1.82, 2.24) is 0 Å². The lowest BCUT2D eigenvalue weighted by Crippen LogP contribution is -2.30. The van der Waals surface area contributed by atoms with E-state index >= 15 is 0 Å². The highest BCUT2D eigenvalue weighted by atomic mass is 14.4. The third-order valence-electron chi connectivity index (χ3n) is 4.08.